The molecule has 0 unspecified atom stereocenters. The molecule has 2 N–H and O–H groups in total. The van der Waals surface area contributed by atoms with Crippen molar-refractivity contribution in [2.75, 3.05) is 5.75 Å². The first-order valence-corrected chi connectivity index (χ1v) is 10.7. The number of para-hydroxylation sites is 2. The molecule has 0 aliphatic heterocycles. The van der Waals surface area contributed by atoms with E-state index in [1.54, 1.807) is 18.2 Å². The third-order valence-corrected chi connectivity index (χ3v) is 5.73. The minimum atomic E-state index is -0.0900. The number of nitriles is 1. The Kier molecular flexibility index (Phi) is 6.07. The Bertz CT molecular complexity index is 1280. The van der Waals surface area contributed by atoms with E-state index in [0.717, 1.165) is 16.6 Å². The predicted molar refractivity (Wildman–Crippen MR) is 123 cm³/mol. The van der Waals surface area contributed by atoms with Gasteiger partial charge in [0, 0.05) is 17.1 Å². The molecule has 0 radical (unpaired) electrons. The van der Waals surface area contributed by atoms with Gasteiger partial charge in [-0.25, -0.2) is 4.98 Å². The van der Waals surface area contributed by atoms with Gasteiger partial charge in [0.15, 0.2) is 16.8 Å². The van der Waals surface area contributed by atoms with Gasteiger partial charge in [-0.15, -0.1) is 16.8 Å². The van der Waals surface area contributed by atoms with Crippen molar-refractivity contribution < 1.29 is 5.11 Å². The monoisotopic (exact) mass is 448 g/mol. The first kappa shape index (κ1) is 20.7. The number of halogens is 1. The molecule has 31 heavy (non-hydrogen) atoms. The zero-order valence-corrected chi connectivity index (χ0v) is 17.9. The molecule has 154 valence electrons. The van der Waals surface area contributed by atoms with Gasteiger partial charge < -0.3 is 10.1 Å². The van der Waals surface area contributed by atoms with E-state index in [2.05, 4.69) is 26.7 Å². The molecule has 0 atom stereocenters. The largest absolute Gasteiger partial charge is 0.510 e. The normalized spacial score (nSPS) is 11.9. The Morgan fingerprint density at radius 1 is 1.23 bits per heavy atom. The molecule has 0 saturated heterocycles. The van der Waals surface area contributed by atoms with Crippen molar-refractivity contribution in [3.05, 3.63) is 77.8 Å². The number of aliphatic hydroxyl groups is 1. The molecule has 4 rings (SSSR count). The van der Waals surface area contributed by atoms with E-state index in [0.29, 0.717) is 28.4 Å². The third kappa shape index (κ3) is 4.33. The zero-order chi connectivity index (χ0) is 21.8. The number of rotatable bonds is 7. The van der Waals surface area contributed by atoms with Crippen LogP contribution in [0.15, 0.2) is 72.1 Å². The van der Waals surface area contributed by atoms with E-state index in [-0.39, 0.29) is 17.1 Å². The van der Waals surface area contributed by atoms with Crippen LogP contribution < -0.4 is 0 Å². The van der Waals surface area contributed by atoms with Gasteiger partial charge in [0.1, 0.15) is 17.4 Å². The highest BCUT2D eigenvalue weighted by Crippen LogP contribution is 2.28. The smallest absolute Gasteiger partial charge is 0.192 e. The van der Waals surface area contributed by atoms with E-state index in [1.807, 2.05) is 47.0 Å². The fourth-order valence-corrected chi connectivity index (χ4v) is 3.98. The van der Waals surface area contributed by atoms with E-state index in [1.165, 1.54) is 11.8 Å². The molecule has 0 bridgehead atoms. The summed E-state index contributed by atoms with van der Waals surface area (Å²) in [6.07, 6.45) is 1.75. The number of nitrogens with one attached hydrogen (secondary N) is 1. The summed E-state index contributed by atoms with van der Waals surface area (Å²) in [4.78, 5) is 7.46. The van der Waals surface area contributed by atoms with Crippen molar-refractivity contribution in [3.63, 3.8) is 0 Å². The summed E-state index contributed by atoms with van der Waals surface area (Å²) in [5, 5.41) is 30.0. The highest BCUT2D eigenvalue weighted by atomic mass is 35.5. The molecule has 0 amide bonds. The highest BCUT2D eigenvalue weighted by molar-refractivity contribution is 7.99. The number of hydrogen-bond acceptors (Lipinski definition) is 6. The Hall–Kier alpha value is -3.54. The fraction of sp³-hybridized carbons (Fsp3) is 0.0909. The number of thioether (sulfide) groups is 1. The molecule has 0 fully saturated rings. The number of nitrogens with zero attached hydrogens (tertiary/aromatic N) is 5. The molecule has 2 aromatic carbocycles. The Morgan fingerprint density at radius 3 is 2.71 bits per heavy atom. The maximum Gasteiger partial charge on any atom is 0.192 e. The molecule has 0 aliphatic rings. The van der Waals surface area contributed by atoms with Crippen LogP contribution in [0.1, 0.15) is 5.82 Å². The van der Waals surface area contributed by atoms with Crippen molar-refractivity contribution >= 4 is 40.0 Å². The molecule has 2 aromatic heterocycles. The van der Waals surface area contributed by atoms with Gasteiger partial charge >= 0.3 is 0 Å². The predicted octanol–water partition coefficient (Wildman–Crippen LogP) is 5.25. The number of aromatic amines is 1. The minimum Gasteiger partial charge on any atom is -0.510 e. The Labute approximate surface area is 187 Å². The topological polar surface area (TPSA) is 103 Å². The van der Waals surface area contributed by atoms with Gasteiger partial charge in [0.25, 0.3) is 0 Å². The van der Waals surface area contributed by atoms with Crippen LogP contribution in [0.5, 0.6) is 0 Å². The Balaban J connectivity index is 1.60. The van der Waals surface area contributed by atoms with E-state index >= 15 is 0 Å². The molecule has 0 aliphatic carbocycles. The summed E-state index contributed by atoms with van der Waals surface area (Å²) >= 11 is 7.25. The van der Waals surface area contributed by atoms with E-state index < -0.39 is 0 Å². The second kappa shape index (κ2) is 9.08. The van der Waals surface area contributed by atoms with Gasteiger partial charge in [0.2, 0.25) is 0 Å². The second-order valence-corrected chi connectivity index (χ2v) is 7.92. The average molecular weight is 449 g/mol. The van der Waals surface area contributed by atoms with Gasteiger partial charge in [-0.3, -0.25) is 4.57 Å². The van der Waals surface area contributed by atoms with Crippen molar-refractivity contribution in [2.45, 2.75) is 11.7 Å². The Morgan fingerprint density at radius 2 is 2.00 bits per heavy atom. The van der Waals surface area contributed by atoms with Crippen LogP contribution in [0, 0.1) is 11.3 Å². The molecular formula is C22H17ClN6OS. The summed E-state index contributed by atoms with van der Waals surface area (Å²) in [7, 11) is 0. The lowest BCUT2D eigenvalue weighted by Crippen LogP contribution is -2.02. The SMILES string of the molecule is C=CCn1c(SCC(O)=C(C#N)c2nc3ccccc3[nH]2)nnc1-c1ccc(Cl)cc1. The van der Waals surface area contributed by atoms with Crippen LogP contribution in [0.25, 0.3) is 28.0 Å². The number of allylic oxidation sites excluding steroid dienone is 2. The third-order valence-electron chi connectivity index (χ3n) is 4.50. The van der Waals surface area contributed by atoms with Crippen molar-refractivity contribution in [1.82, 2.24) is 24.7 Å². The molecule has 4 aromatic rings. The fourth-order valence-electron chi connectivity index (χ4n) is 3.03. The second-order valence-electron chi connectivity index (χ2n) is 6.54. The maximum atomic E-state index is 10.6. The summed E-state index contributed by atoms with van der Waals surface area (Å²) in [6.45, 7) is 4.29. The quantitative estimate of drug-likeness (QED) is 0.173. The van der Waals surface area contributed by atoms with Crippen LogP contribution in [0.2, 0.25) is 5.02 Å². The number of hydrogen-bond donors (Lipinski definition) is 2. The molecule has 2 heterocycles. The summed E-state index contributed by atoms with van der Waals surface area (Å²) < 4.78 is 1.89. The molecule has 0 spiro atoms. The van der Waals surface area contributed by atoms with Crippen molar-refractivity contribution in [3.8, 4) is 17.5 Å². The number of aliphatic hydroxyl groups excluding tert-OH is 1. The summed E-state index contributed by atoms with van der Waals surface area (Å²) in [5.41, 5.74) is 2.48. The first-order valence-electron chi connectivity index (χ1n) is 9.31. The lowest BCUT2D eigenvalue weighted by Gasteiger charge is -2.08. The molecule has 9 heteroatoms. The van der Waals surface area contributed by atoms with Crippen molar-refractivity contribution in [1.29, 1.82) is 5.26 Å². The van der Waals surface area contributed by atoms with Gasteiger partial charge in [-0.2, -0.15) is 5.26 Å². The molecule has 7 nitrogen and oxygen atoms in total. The lowest BCUT2D eigenvalue weighted by atomic mass is 10.2. The number of fused-ring (bicyclic) bond motifs is 1. The number of benzene rings is 2. The number of H-pyrrole nitrogens is 1. The zero-order valence-electron chi connectivity index (χ0n) is 16.3. The first-order chi connectivity index (χ1) is 15.1. The van der Waals surface area contributed by atoms with Crippen LogP contribution in [-0.4, -0.2) is 35.6 Å². The van der Waals surface area contributed by atoms with Crippen LogP contribution >= 0.6 is 23.4 Å². The summed E-state index contributed by atoms with van der Waals surface area (Å²) in [5.74, 6) is 1.04. The lowest BCUT2D eigenvalue weighted by molar-refractivity contribution is 0.420. The van der Waals surface area contributed by atoms with Crippen LogP contribution in [0.3, 0.4) is 0 Å². The van der Waals surface area contributed by atoms with Gasteiger partial charge in [0.05, 0.1) is 16.8 Å². The average Bonchev–Trinajstić information content (AvgIpc) is 3.38. The van der Waals surface area contributed by atoms with Crippen molar-refractivity contribution in [2.24, 2.45) is 0 Å². The van der Waals surface area contributed by atoms with E-state index in [9.17, 15) is 10.4 Å². The van der Waals surface area contributed by atoms with Crippen LogP contribution in [-0.2, 0) is 6.54 Å². The number of aromatic nitrogens is 5. The van der Waals surface area contributed by atoms with Gasteiger partial charge in [-0.1, -0.05) is 41.6 Å². The van der Waals surface area contributed by atoms with Crippen LogP contribution in [0.4, 0.5) is 0 Å². The highest BCUT2D eigenvalue weighted by Gasteiger charge is 2.17. The maximum absolute atomic E-state index is 10.6. The summed E-state index contributed by atoms with van der Waals surface area (Å²) in [6, 6.07) is 16.8. The standard InChI is InChI=1S/C22H17ClN6OS/c1-2-11-29-21(14-7-9-15(23)10-8-14)27-28-22(29)31-13-19(30)16(12-24)20-25-17-5-3-4-6-18(17)26-20/h2-10,30H,1,11,13H2,(H,25,26). The van der Waals surface area contributed by atoms with Gasteiger partial charge in [-0.05, 0) is 36.4 Å². The minimum absolute atomic E-state index is 0.0900. The van der Waals surface area contributed by atoms with E-state index in [4.69, 9.17) is 11.6 Å². The molecule has 0 saturated carbocycles. The number of imidazole rings is 1. The molecular weight excluding hydrogens is 432 g/mol.